The van der Waals surface area contributed by atoms with Crippen LogP contribution in [0.1, 0.15) is 19.8 Å². The molecular weight excluding hydrogens is 478 g/mol. The highest BCUT2D eigenvalue weighted by Gasteiger charge is 2.20. The van der Waals surface area contributed by atoms with Crippen LogP contribution in [0.15, 0.2) is 36.8 Å². The van der Waals surface area contributed by atoms with Gasteiger partial charge in [-0.05, 0) is 36.1 Å². The number of benzene rings is 1. The van der Waals surface area contributed by atoms with E-state index in [1.165, 1.54) is 0 Å². The third-order valence-corrected chi connectivity index (χ3v) is 8.03. The summed E-state index contributed by atoms with van der Waals surface area (Å²) in [6.07, 6.45) is 5.03. The molecule has 2 heterocycles. The third kappa shape index (κ3) is 7.53. The molecule has 0 aliphatic rings. The SMILES string of the molecule is CNC(=O)CCC(C)CN(C)c1ncnc2c1c(-c1cccc(Cl)c1)cn2COCC[Si](C)(C)C. The van der Waals surface area contributed by atoms with Crippen LogP contribution < -0.4 is 10.2 Å². The van der Waals surface area contributed by atoms with Gasteiger partial charge in [0.2, 0.25) is 5.91 Å². The first kappa shape index (κ1) is 27.2. The number of ether oxygens (including phenoxy) is 1. The standard InChI is InChI=1S/C26H38ClN5O2Si/c1-19(10-11-23(33)28-2)15-31(3)25-24-22(20-8-7-9-21(27)14-20)16-32(26(24)30-17-29-25)18-34-12-13-35(4,5)6/h7-9,14,16-17,19H,10-13,15,18H2,1-6H3,(H,28,33). The predicted molar refractivity (Wildman–Crippen MR) is 148 cm³/mol. The van der Waals surface area contributed by atoms with Gasteiger partial charge in [0.25, 0.3) is 0 Å². The Morgan fingerprint density at radius 2 is 2.06 bits per heavy atom. The van der Waals surface area contributed by atoms with Crippen molar-refractivity contribution in [1.82, 2.24) is 19.9 Å². The molecule has 1 aromatic carbocycles. The molecule has 0 bridgehead atoms. The number of nitrogens with one attached hydrogen (secondary N) is 1. The number of anilines is 1. The average Bonchev–Trinajstić information content (AvgIpc) is 3.18. The van der Waals surface area contributed by atoms with Crippen molar-refractivity contribution < 1.29 is 9.53 Å². The van der Waals surface area contributed by atoms with E-state index in [4.69, 9.17) is 16.3 Å². The van der Waals surface area contributed by atoms with Crippen molar-refractivity contribution in [3.05, 3.63) is 41.8 Å². The zero-order valence-corrected chi connectivity index (χ0v) is 23.5. The van der Waals surface area contributed by atoms with Gasteiger partial charge in [-0.25, -0.2) is 9.97 Å². The van der Waals surface area contributed by atoms with Gasteiger partial charge in [-0.15, -0.1) is 0 Å². The number of hydrogen-bond acceptors (Lipinski definition) is 5. The summed E-state index contributed by atoms with van der Waals surface area (Å²) in [6, 6.07) is 8.97. The molecule has 35 heavy (non-hydrogen) atoms. The number of aromatic nitrogens is 3. The Morgan fingerprint density at radius 1 is 1.29 bits per heavy atom. The first-order valence-corrected chi connectivity index (χ1v) is 16.3. The summed E-state index contributed by atoms with van der Waals surface area (Å²) < 4.78 is 8.13. The Balaban J connectivity index is 1.93. The van der Waals surface area contributed by atoms with Gasteiger partial charge in [0.1, 0.15) is 24.5 Å². The molecule has 9 heteroatoms. The molecule has 0 spiro atoms. The summed E-state index contributed by atoms with van der Waals surface area (Å²) >= 11 is 6.34. The highest BCUT2D eigenvalue weighted by atomic mass is 35.5. The van der Waals surface area contributed by atoms with Gasteiger partial charge < -0.3 is 19.5 Å². The lowest BCUT2D eigenvalue weighted by atomic mass is 10.0. The summed E-state index contributed by atoms with van der Waals surface area (Å²) in [5.74, 6) is 1.25. The van der Waals surface area contributed by atoms with Crippen LogP contribution in [0.3, 0.4) is 0 Å². The lowest BCUT2D eigenvalue weighted by molar-refractivity contribution is -0.120. The van der Waals surface area contributed by atoms with Crippen molar-refractivity contribution in [3.8, 4) is 11.1 Å². The second-order valence-electron chi connectivity index (χ2n) is 10.5. The number of rotatable bonds is 12. The van der Waals surface area contributed by atoms with Crippen molar-refractivity contribution in [2.24, 2.45) is 5.92 Å². The topological polar surface area (TPSA) is 72.3 Å². The van der Waals surface area contributed by atoms with Crippen LogP contribution in [0.4, 0.5) is 5.82 Å². The number of carbonyl (C=O) groups excluding carboxylic acids is 1. The van der Waals surface area contributed by atoms with E-state index in [0.717, 1.165) is 53.6 Å². The van der Waals surface area contributed by atoms with Crippen molar-refractivity contribution in [1.29, 1.82) is 0 Å². The lowest BCUT2D eigenvalue weighted by Crippen LogP contribution is -2.26. The Bertz CT molecular complexity index is 1140. The zero-order chi connectivity index (χ0) is 25.6. The van der Waals surface area contributed by atoms with Crippen LogP contribution in [0.5, 0.6) is 0 Å². The zero-order valence-electron chi connectivity index (χ0n) is 21.8. The van der Waals surface area contributed by atoms with Crippen LogP contribution in [0.25, 0.3) is 22.2 Å². The van der Waals surface area contributed by atoms with E-state index in [0.29, 0.717) is 24.1 Å². The summed E-state index contributed by atoms with van der Waals surface area (Å²) in [7, 11) is 2.55. The molecule has 2 aromatic heterocycles. The number of hydrogen-bond donors (Lipinski definition) is 1. The normalized spacial score (nSPS) is 12.7. The molecular formula is C26H38ClN5O2Si. The molecule has 3 aromatic rings. The minimum absolute atomic E-state index is 0.0679. The summed E-state index contributed by atoms with van der Waals surface area (Å²) in [5.41, 5.74) is 2.88. The van der Waals surface area contributed by atoms with E-state index >= 15 is 0 Å². The molecule has 3 rings (SSSR count). The Morgan fingerprint density at radius 3 is 2.74 bits per heavy atom. The maximum absolute atomic E-state index is 11.7. The maximum Gasteiger partial charge on any atom is 0.219 e. The smallest absolute Gasteiger partial charge is 0.219 e. The summed E-state index contributed by atoms with van der Waals surface area (Å²) in [4.78, 5) is 23.1. The van der Waals surface area contributed by atoms with E-state index in [2.05, 4.69) is 63.6 Å². The predicted octanol–water partition coefficient (Wildman–Crippen LogP) is 5.66. The van der Waals surface area contributed by atoms with Crippen LogP contribution in [-0.4, -0.2) is 55.8 Å². The highest BCUT2D eigenvalue weighted by molar-refractivity contribution is 6.76. The van der Waals surface area contributed by atoms with E-state index in [1.807, 2.05) is 25.2 Å². The van der Waals surface area contributed by atoms with Crippen LogP contribution in [0, 0.1) is 5.92 Å². The molecule has 1 unspecified atom stereocenters. The van der Waals surface area contributed by atoms with E-state index in [1.54, 1.807) is 13.4 Å². The number of carbonyl (C=O) groups is 1. The van der Waals surface area contributed by atoms with Gasteiger partial charge >= 0.3 is 0 Å². The van der Waals surface area contributed by atoms with Crippen LogP contribution in [0.2, 0.25) is 30.7 Å². The molecule has 7 nitrogen and oxygen atoms in total. The molecule has 0 radical (unpaired) electrons. The molecule has 0 saturated heterocycles. The van der Waals surface area contributed by atoms with E-state index in [9.17, 15) is 4.79 Å². The molecule has 190 valence electrons. The molecule has 0 fully saturated rings. The maximum atomic E-state index is 11.7. The van der Waals surface area contributed by atoms with Gasteiger partial charge in [0.15, 0.2) is 0 Å². The number of halogens is 1. The van der Waals surface area contributed by atoms with Crippen LogP contribution >= 0.6 is 11.6 Å². The quantitative estimate of drug-likeness (QED) is 0.249. The minimum Gasteiger partial charge on any atom is -0.361 e. The molecule has 0 saturated carbocycles. The molecule has 0 aliphatic heterocycles. The third-order valence-electron chi connectivity index (χ3n) is 6.09. The fourth-order valence-corrected chi connectivity index (χ4v) is 5.01. The minimum atomic E-state index is -1.17. The van der Waals surface area contributed by atoms with Crippen molar-refractivity contribution in [2.75, 3.05) is 32.1 Å². The van der Waals surface area contributed by atoms with Gasteiger partial charge in [-0.3, -0.25) is 4.79 Å². The first-order chi connectivity index (χ1) is 16.6. The van der Waals surface area contributed by atoms with Crippen molar-refractivity contribution in [3.63, 3.8) is 0 Å². The lowest BCUT2D eigenvalue weighted by Gasteiger charge is -2.23. The van der Waals surface area contributed by atoms with Gasteiger partial charge in [-0.2, -0.15) is 0 Å². The van der Waals surface area contributed by atoms with Gasteiger partial charge in [0.05, 0.1) is 5.39 Å². The van der Waals surface area contributed by atoms with Crippen LogP contribution in [-0.2, 0) is 16.3 Å². The molecule has 1 N–H and O–H groups in total. The second kappa shape index (κ2) is 12.0. The highest BCUT2D eigenvalue weighted by Crippen LogP contribution is 2.36. The van der Waals surface area contributed by atoms with E-state index < -0.39 is 8.07 Å². The number of fused-ring (bicyclic) bond motifs is 1. The fourth-order valence-electron chi connectivity index (χ4n) is 4.06. The van der Waals surface area contributed by atoms with Crippen molar-refractivity contribution in [2.45, 2.75) is 52.2 Å². The average molecular weight is 516 g/mol. The Labute approximate surface area is 214 Å². The van der Waals surface area contributed by atoms with Gasteiger partial charge in [-0.1, -0.05) is 50.3 Å². The number of amides is 1. The summed E-state index contributed by atoms with van der Waals surface area (Å²) in [5, 5.41) is 4.36. The Hall–Kier alpha value is -2.42. The first-order valence-electron chi connectivity index (χ1n) is 12.2. The number of nitrogens with zero attached hydrogens (tertiary/aromatic N) is 4. The largest absolute Gasteiger partial charge is 0.361 e. The summed E-state index contributed by atoms with van der Waals surface area (Å²) in [6.45, 7) is 11.2. The second-order valence-corrected chi connectivity index (χ2v) is 16.5. The van der Waals surface area contributed by atoms with E-state index in [-0.39, 0.29) is 5.91 Å². The molecule has 1 amide bonds. The monoisotopic (exact) mass is 515 g/mol. The molecule has 1 atom stereocenters. The molecule has 0 aliphatic carbocycles. The van der Waals surface area contributed by atoms with Gasteiger partial charge in [0, 0.05) is 58.5 Å². The fraction of sp³-hybridized carbons (Fsp3) is 0.500. The Kier molecular flexibility index (Phi) is 9.32. The van der Waals surface area contributed by atoms with Crippen molar-refractivity contribution >= 4 is 42.4 Å².